The predicted octanol–water partition coefficient (Wildman–Crippen LogP) is 4.13. The molecule has 1 aliphatic heterocycles. The number of benzene rings is 2. The van der Waals surface area contributed by atoms with Crippen LogP contribution in [0.5, 0.6) is 5.75 Å². The van der Waals surface area contributed by atoms with Crippen molar-refractivity contribution >= 4 is 29.1 Å². The third-order valence-corrected chi connectivity index (χ3v) is 5.46. The lowest BCUT2D eigenvalue weighted by molar-refractivity contribution is -0.134. The van der Waals surface area contributed by atoms with Gasteiger partial charge in [0.2, 0.25) is 17.6 Å². The predicted molar refractivity (Wildman–Crippen MR) is 120 cm³/mol. The number of hydrogen-bond donors (Lipinski definition) is 1. The average Bonchev–Trinajstić information content (AvgIpc) is 3.29. The smallest absolute Gasteiger partial charge is 0.260 e. The molecule has 1 aromatic heterocycles. The van der Waals surface area contributed by atoms with Gasteiger partial charge in [-0.25, -0.2) is 0 Å². The summed E-state index contributed by atoms with van der Waals surface area (Å²) in [6.45, 7) is 2.60. The Labute approximate surface area is 190 Å². The molecule has 166 valence electrons. The molecule has 1 saturated heterocycles. The second kappa shape index (κ2) is 9.82. The van der Waals surface area contributed by atoms with E-state index in [9.17, 15) is 9.59 Å². The first-order chi connectivity index (χ1) is 15.5. The van der Waals surface area contributed by atoms with Crippen LogP contribution in [-0.2, 0) is 9.59 Å². The van der Waals surface area contributed by atoms with Crippen LogP contribution >= 0.6 is 11.6 Å². The first-order valence-corrected chi connectivity index (χ1v) is 10.7. The maximum absolute atomic E-state index is 12.6. The summed E-state index contributed by atoms with van der Waals surface area (Å²) in [5.41, 5.74) is 1.49. The summed E-state index contributed by atoms with van der Waals surface area (Å²) in [5.74, 6) is 1.35. The summed E-state index contributed by atoms with van der Waals surface area (Å²) in [7, 11) is 0. The number of piperidine rings is 1. The van der Waals surface area contributed by atoms with Gasteiger partial charge in [0.1, 0.15) is 5.75 Å². The molecule has 0 radical (unpaired) electrons. The lowest BCUT2D eigenvalue weighted by atomic mass is 9.98. The highest BCUT2D eigenvalue weighted by Gasteiger charge is 2.29. The Morgan fingerprint density at radius 1 is 1.19 bits per heavy atom. The van der Waals surface area contributed by atoms with E-state index < -0.39 is 0 Å². The van der Waals surface area contributed by atoms with Gasteiger partial charge in [-0.3, -0.25) is 9.59 Å². The summed E-state index contributed by atoms with van der Waals surface area (Å²) < 4.78 is 11.1. The quantitative estimate of drug-likeness (QED) is 0.601. The number of carbonyl (C=O) groups is 2. The summed E-state index contributed by atoms with van der Waals surface area (Å²) in [5, 5.41) is 7.43. The maximum atomic E-state index is 12.6. The monoisotopic (exact) mass is 454 g/mol. The number of nitrogens with zero attached hydrogens (tertiary/aromatic N) is 3. The minimum absolute atomic E-state index is 0.0249. The molecule has 2 aromatic carbocycles. The molecule has 8 nitrogen and oxygen atoms in total. The Hall–Kier alpha value is -3.39. The number of aromatic nitrogens is 2. The van der Waals surface area contributed by atoms with Crippen molar-refractivity contribution in [2.75, 3.05) is 25.0 Å². The molecule has 2 heterocycles. The Morgan fingerprint density at radius 2 is 1.94 bits per heavy atom. The number of likely N-dealkylation sites (tertiary alicyclic amines) is 1. The van der Waals surface area contributed by atoms with Crippen molar-refractivity contribution in [1.29, 1.82) is 0 Å². The van der Waals surface area contributed by atoms with Gasteiger partial charge >= 0.3 is 0 Å². The first kappa shape index (κ1) is 21.8. The fourth-order valence-electron chi connectivity index (χ4n) is 3.60. The Kier molecular flexibility index (Phi) is 6.70. The van der Waals surface area contributed by atoms with Gasteiger partial charge in [-0.2, -0.15) is 4.98 Å². The number of halogens is 1. The summed E-state index contributed by atoms with van der Waals surface area (Å²) in [4.78, 5) is 30.1. The Bertz CT molecular complexity index is 1080. The lowest BCUT2D eigenvalue weighted by Crippen LogP contribution is -2.41. The zero-order valence-corrected chi connectivity index (χ0v) is 18.3. The maximum Gasteiger partial charge on any atom is 0.260 e. The number of anilines is 1. The van der Waals surface area contributed by atoms with Crippen LogP contribution in [-0.4, -0.2) is 46.6 Å². The highest BCUT2D eigenvalue weighted by atomic mass is 35.5. The molecule has 0 bridgehead atoms. The van der Waals surface area contributed by atoms with Crippen LogP contribution in [0.4, 0.5) is 5.69 Å². The first-order valence-electron chi connectivity index (χ1n) is 10.4. The number of carbonyl (C=O) groups excluding carboxylic acids is 2. The van der Waals surface area contributed by atoms with E-state index in [1.807, 2.05) is 12.1 Å². The molecule has 1 aliphatic rings. The van der Waals surface area contributed by atoms with E-state index in [0.29, 0.717) is 41.3 Å². The highest BCUT2D eigenvalue weighted by molar-refractivity contribution is 6.30. The third kappa shape index (κ3) is 5.45. The fourth-order valence-corrected chi connectivity index (χ4v) is 3.72. The van der Waals surface area contributed by atoms with Crippen LogP contribution in [0.2, 0.25) is 5.02 Å². The highest BCUT2D eigenvalue weighted by Crippen LogP contribution is 2.28. The molecule has 1 unspecified atom stereocenters. The fraction of sp³-hybridized carbons (Fsp3) is 0.304. The van der Waals surface area contributed by atoms with Crippen LogP contribution in [0.25, 0.3) is 11.4 Å². The van der Waals surface area contributed by atoms with Crippen molar-refractivity contribution < 1.29 is 18.8 Å². The molecule has 0 saturated carbocycles. The molecule has 1 fully saturated rings. The van der Waals surface area contributed by atoms with E-state index in [0.717, 1.165) is 18.4 Å². The molecule has 1 atom stereocenters. The molecular formula is C23H23ClN4O4. The third-order valence-electron chi connectivity index (χ3n) is 5.20. The van der Waals surface area contributed by atoms with Crippen molar-refractivity contribution in [3.63, 3.8) is 0 Å². The lowest BCUT2D eigenvalue weighted by Gasteiger charge is -2.30. The Morgan fingerprint density at radius 3 is 2.66 bits per heavy atom. The van der Waals surface area contributed by atoms with Gasteiger partial charge in [0.25, 0.3) is 5.91 Å². The molecule has 2 amide bonds. The van der Waals surface area contributed by atoms with Crippen LogP contribution in [0, 0.1) is 0 Å². The summed E-state index contributed by atoms with van der Waals surface area (Å²) in [6, 6.07) is 14.1. The average molecular weight is 455 g/mol. The minimum atomic E-state index is -0.130. The zero-order valence-electron chi connectivity index (χ0n) is 17.6. The van der Waals surface area contributed by atoms with Gasteiger partial charge < -0.3 is 19.5 Å². The molecule has 9 heteroatoms. The number of hydrogen-bond acceptors (Lipinski definition) is 6. The molecule has 0 spiro atoms. The normalized spacial score (nSPS) is 15.9. The van der Waals surface area contributed by atoms with E-state index in [1.54, 1.807) is 41.3 Å². The van der Waals surface area contributed by atoms with Gasteiger partial charge in [0, 0.05) is 36.3 Å². The number of ether oxygens (including phenoxy) is 1. The van der Waals surface area contributed by atoms with Crippen molar-refractivity contribution in [2.24, 2.45) is 0 Å². The van der Waals surface area contributed by atoms with Crippen LogP contribution < -0.4 is 10.1 Å². The topological polar surface area (TPSA) is 97.6 Å². The van der Waals surface area contributed by atoms with Crippen molar-refractivity contribution in [1.82, 2.24) is 15.0 Å². The molecule has 4 rings (SSSR count). The second-order valence-electron chi connectivity index (χ2n) is 7.64. The molecular weight excluding hydrogens is 432 g/mol. The molecule has 0 aliphatic carbocycles. The summed E-state index contributed by atoms with van der Waals surface area (Å²) in [6.07, 6.45) is 1.71. The Balaban J connectivity index is 1.36. The van der Waals surface area contributed by atoms with E-state index in [2.05, 4.69) is 15.5 Å². The SMILES string of the molecule is CC(=O)Nc1ccc(-c2noc(C3CCCN(C(=O)COc4ccc(Cl)cc4)C3)n2)cc1. The van der Waals surface area contributed by atoms with Gasteiger partial charge in [-0.05, 0) is 61.4 Å². The molecule has 1 N–H and O–H groups in total. The minimum Gasteiger partial charge on any atom is -0.484 e. The number of rotatable bonds is 6. The van der Waals surface area contributed by atoms with Crippen molar-refractivity contribution in [3.8, 4) is 17.1 Å². The van der Waals surface area contributed by atoms with E-state index in [1.165, 1.54) is 6.92 Å². The summed E-state index contributed by atoms with van der Waals surface area (Å²) >= 11 is 5.87. The second-order valence-corrected chi connectivity index (χ2v) is 8.07. The van der Waals surface area contributed by atoms with E-state index in [-0.39, 0.29) is 24.3 Å². The van der Waals surface area contributed by atoms with Crippen LogP contribution in [0.3, 0.4) is 0 Å². The van der Waals surface area contributed by atoms with Crippen molar-refractivity contribution in [2.45, 2.75) is 25.7 Å². The van der Waals surface area contributed by atoms with Gasteiger partial charge in [-0.15, -0.1) is 0 Å². The van der Waals surface area contributed by atoms with Gasteiger partial charge in [0.05, 0.1) is 5.92 Å². The van der Waals surface area contributed by atoms with E-state index in [4.69, 9.17) is 20.9 Å². The molecule has 3 aromatic rings. The number of amides is 2. The van der Waals surface area contributed by atoms with Gasteiger partial charge in [-0.1, -0.05) is 16.8 Å². The van der Waals surface area contributed by atoms with Crippen LogP contribution in [0.1, 0.15) is 31.6 Å². The van der Waals surface area contributed by atoms with Crippen molar-refractivity contribution in [3.05, 3.63) is 59.4 Å². The molecule has 32 heavy (non-hydrogen) atoms. The van der Waals surface area contributed by atoms with Crippen LogP contribution in [0.15, 0.2) is 53.1 Å². The standard InChI is InChI=1S/C23H23ClN4O4/c1-15(29)25-19-8-4-16(5-9-19)22-26-23(32-27-22)17-3-2-12-28(13-17)21(30)14-31-20-10-6-18(24)7-11-20/h4-11,17H,2-3,12-14H2,1H3,(H,25,29). The number of nitrogens with one attached hydrogen (secondary N) is 1. The largest absolute Gasteiger partial charge is 0.484 e. The van der Waals surface area contributed by atoms with E-state index >= 15 is 0 Å². The van der Waals surface area contributed by atoms with Gasteiger partial charge in [0.15, 0.2) is 6.61 Å². The zero-order chi connectivity index (χ0) is 22.5.